The molecular formula is C17H17N3OS2. The molecule has 3 rings (SSSR count). The standard InChI is InChI=1S/C17H17N3OS2/c1-11(17(21)20(2)3)22-15-13-9-14(12-7-5-4-6-8-12)23-16(13)19-10-18-15/h4-11H,1-3H3. The topological polar surface area (TPSA) is 46.1 Å². The van der Waals surface area contributed by atoms with E-state index in [-0.39, 0.29) is 11.2 Å². The minimum Gasteiger partial charge on any atom is -0.348 e. The van der Waals surface area contributed by atoms with E-state index in [2.05, 4.69) is 28.2 Å². The first-order valence-corrected chi connectivity index (χ1v) is 8.93. The van der Waals surface area contributed by atoms with Crippen molar-refractivity contribution in [2.45, 2.75) is 17.2 Å². The average Bonchev–Trinajstić information content (AvgIpc) is 3.00. The highest BCUT2D eigenvalue weighted by Crippen LogP contribution is 2.37. The third-order valence-electron chi connectivity index (χ3n) is 3.43. The zero-order chi connectivity index (χ0) is 16.4. The molecule has 0 saturated heterocycles. The summed E-state index contributed by atoms with van der Waals surface area (Å²) in [5.74, 6) is 0.0836. The van der Waals surface area contributed by atoms with Gasteiger partial charge in [-0.2, -0.15) is 0 Å². The number of nitrogens with zero attached hydrogens (tertiary/aromatic N) is 3. The Kier molecular flexibility index (Phi) is 4.63. The van der Waals surface area contributed by atoms with Gasteiger partial charge in [0, 0.05) is 24.4 Å². The van der Waals surface area contributed by atoms with Crippen molar-refractivity contribution in [2.75, 3.05) is 14.1 Å². The van der Waals surface area contributed by atoms with Crippen LogP contribution in [0.4, 0.5) is 0 Å². The van der Waals surface area contributed by atoms with Gasteiger partial charge in [0.1, 0.15) is 16.2 Å². The molecule has 4 nitrogen and oxygen atoms in total. The molecule has 118 valence electrons. The Bertz CT molecular complexity index is 830. The minimum absolute atomic E-state index is 0.0836. The van der Waals surface area contributed by atoms with Crippen molar-refractivity contribution in [3.8, 4) is 10.4 Å². The molecule has 1 unspecified atom stereocenters. The van der Waals surface area contributed by atoms with E-state index in [0.29, 0.717) is 0 Å². The Balaban J connectivity index is 1.96. The van der Waals surface area contributed by atoms with Gasteiger partial charge in [0.2, 0.25) is 5.91 Å². The number of thioether (sulfide) groups is 1. The maximum Gasteiger partial charge on any atom is 0.235 e. The molecule has 0 N–H and O–H groups in total. The smallest absolute Gasteiger partial charge is 0.235 e. The second-order valence-electron chi connectivity index (χ2n) is 5.37. The van der Waals surface area contributed by atoms with E-state index in [1.54, 1.807) is 36.7 Å². The number of aromatic nitrogens is 2. The lowest BCUT2D eigenvalue weighted by Gasteiger charge is -2.15. The van der Waals surface area contributed by atoms with Gasteiger partial charge in [0.15, 0.2) is 0 Å². The molecular weight excluding hydrogens is 326 g/mol. The molecule has 1 atom stereocenters. The SMILES string of the molecule is CC(Sc1ncnc2sc(-c3ccccc3)cc12)C(=O)N(C)C. The van der Waals surface area contributed by atoms with Gasteiger partial charge in [-0.1, -0.05) is 42.1 Å². The minimum atomic E-state index is -0.178. The third-order valence-corrected chi connectivity index (χ3v) is 5.62. The van der Waals surface area contributed by atoms with Crippen LogP contribution in [0.1, 0.15) is 6.92 Å². The largest absolute Gasteiger partial charge is 0.348 e. The molecule has 23 heavy (non-hydrogen) atoms. The summed E-state index contributed by atoms with van der Waals surface area (Å²) in [5, 5.41) is 1.69. The Hall–Kier alpha value is -1.92. The number of hydrogen-bond donors (Lipinski definition) is 0. The molecule has 0 radical (unpaired) electrons. The van der Waals surface area contributed by atoms with E-state index in [1.165, 1.54) is 17.3 Å². The van der Waals surface area contributed by atoms with Crippen molar-refractivity contribution in [1.29, 1.82) is 0 Å². The van der Waals surface area contributed by atoms with Crippen molar-refractivity contribution in [1.82, 2.24) is 14.9 Å². The lowest BCUT2D eigenvalue weighted by Crippen LogP contribution is -2.29. The predicted octanol–water partition coefficient (Wildman–Crippen LogP) is 3.93. The van der Waals surface area contributed by atoms with Gasteiger partial charge in [-0.15, -0.1) is 11.3 Å². The highest BCUT2D eigenvalue weighted by Gasteiger charge is 2.19. The monoisotopic (exact) mass is 343 g/mol. The first-order valence-electron chi connectivity index (χ1n) is 7.24. The van der Waals surface area contributed by atoms with E-state index in [1.807, 2.05) is 25.1 Å². The molecule has 1 aromatic carbocycles. The van der Waals surface area contributed by atoms with Gasteiger partial charge < -0.3 is 4.90 Å². The molecule has 0 saturated carbocycles. The average molecular weight is 343 g/mol. The van der Waals surface area contributed by atoms with Crippen molar-refractivity contribution >= 4 is 39.2 Å². The highest BCUT2D eigenvalue weighted by molar-refractivity contribution is 8.00. The molecule has 0 spiro atoms. The van der Waals surface area contributed by atoms with Crippen molar-refractivity contribution in [3.05, 3.63) is 42.7 Å². The number of carbonyl (C=O) groups excluding carboxylic acids is 1. The first-order chi connectivity index (χ1) is 11.1. The van der Waals surface area contributed by atoms with Crippen LogP contribution in [-0.4, -0.2) is 40.1 Å². The second-order valence-corrected chi connectivity index (χ2v) is 7.73. The van der Waals surface area contributed by atoms with Crippen molar-refractivity contribution < 1.29 is 4.79 Å². The fourth-order valence-electron chi connectivity index (χ4n) is 2.25. The summed E-state index contributed by atoms with van der Waals surface area (Å²) < 4.78 is 0. The Labute approximate surface area is 143 Å². The van der Waals surface area contributed by atoms with E-state index >= 15 is 0 Å². The fraction of sp³-hybridized carbons (Fsp3) is 0.235. The maximum atomic E-state index is 12.1. The van der Waals surface area contributed by atoms with Crippen molar-refractivity contribution in [3.63, 3.8) is 0 Å². The molecule has 0 aliphatic rings. The van der Waals surface area contributed by atoms with Gasteiger partial charge in [-0.25, -0.2) is 9.97 Å². The zero-order valence-corrected chi connectivity index (χ0v) is 14.8. The van der Waals surface area contributed by atoms with Crippen LogP contribution in [0.2, 0.25) is 0 Å². The molecule has 0 fully saturated rings. The quantitative estimate of drug-likeness (QED) is 0.532. The zero-order valence-electron chi connectivity index (χ0n) is 13.2. The molecule has 2 aromatic heterocycles. The first kappa shape index (κ1) is 16.0. The van der Waals surface area contributed by atoms with Gasteiger partial charge >= 0.3 is 0 Å². The lowest BCUT2D eigenvalue weighted by atomic mass is 10.2. The molecule has 6 heteroatoms. The van der Waals surface area contributed by atoms with Crippen LogP contribution in [0.25, 0.3) is 20.7 Å². The van der Waals surface area contributed by atoms with Crippen LogP contribution in [-0.2, 0) is 4.79 Å². The van der Waals surface area contributed by atoms with Gasteiger partial charge in [-0.3, -0.25) is 4.79 Å². The predicted molar refractivity (Wildman–Crippen MR) is 96.9 cm³/mol. The number of hydrogen-bond acceptors (Lipinski definition) is 5. The van der Waals surface area contributed by atoms with Crippen LogP contribution in [0.3, 0.4) is 0 Å². The molecule has 3 aromatic rings. The molecule has 0 bridgehead atoms. The summed E-state index contributed by atoms with van der Waals surface area (Å²) in [5.41, 5.74) is 1.17. The van der Waals surface area contributed by atoms with Gasteiger partial charge in [0.05, 0.1) is 5.25 Å². The van der Waals surface area contributed by atoms with E-state index in [9.17, 15) is 4.79 Å². The summed E-state index contributed by atoms with van der Waals surface area (Å²) >= 11 is 3.13. The normalized spacial score (nSPS) is 12.3. The molecule has 2 heterocycles. The summed E-state index contributed by atoms with van der Waals surface area (Å²) in [4.78, 5) is 24.6. The van der Waals surface area contributed by atoms with Crippen molar-refractivity contribution in [2.24, 2.45) is 0 Å². The Morgan fingerprint density at radius 3 is 2.65 bits per heavy atom. The maximum absolute atomic E-state index is 12.1. The van der Waals surface area contributed by atoms with Crippen LogP contribution < -0.4 is 0 Å². The number of amides is 1. The fourth-order valence-corrected chi connectivity index (χ4v) is 4.36. The summed E-state index contributed by atoms with van der Waals surface area (Å²) in [6.45, 7) is 1.91. The number of carbonyl (C=O) groups is 1. The van der Waals surface area contributed by atoms with Gasteiger partial charge in [-0.05, 0) is 18.6 Å². The van der Waals surface area contributed by atoms with Crippen LogP contribution >= 0.6 is 23.1 Å². The van der Waals surface area contributed by atoms with Crippen LogP contribution in [0, 0.1) is 0 Å². The third kappa shape index (κ3) is 3.38. The summed E-state index contributed by atoms with van der Waals surface area (Å²) in [6, 6.07) is 12.3. The van der Waals surface area contributed by atoms with E-state index in [4.69, 9.17) is 0 Å². The van der Waals surface area contributed by atoms with E-state index in [0.717, 1.165) is 20.1 Å². The Morgan fingerprint density at radius 2 is 1.96 bits per heavy atom. The Morgan fingerprint density at radius 1 is 1.22 bits per heavy atom. The highest BCUT2D eigenvalue weighted by atomic mass is 32.2. The lowest BCUT2D eigenvalue weighted by molar-refractivity contribution is -0.127. The number of thiophene rings is 1. The number of fused-ring (bicyclic) bond motifs is 1. The van der Waals surface area contributed by atoms with Crippen LogP contribution in [0.5, 0.6) is 0 Å². The van der Waals surface area contributed by atoms with E-state index < -0.39 is 0 Å². The van der Waals surface area contributed by atoms with Crippen LogP contribution in [0.15, 0.2) is 47.8 Å². The molecule has 0 aliphatic carbocycles. The molecule has 1 amide bonds. The van der Waals surface area contributed by atoms with Gasteiger partial charge in [0.25, 0.3) is 0 Å². The summed E-state index contributed by atoms with van der Waals surface area (Å²) in [6.07, 6.45) is 1.57. The summed E-state index contributed by atoms with van der Waals surface area (Å²) in [7, 11) is 3.54. The second kappa shape index (κ2) is 6.68. The number of rotatable bonds is 4. The molecule has 0 aliphatic heterocycles. The number of benzene rings is 1.